The molecule has 0 atom stereocenters. The van der Waals surface area contributed by atoms with E-state index >= 15 is 0 Å². The number of carbonyl (C=O) groups is 2. The lowest BCUT2D eigenvalue weighted by atomic mass is 9.96. The van der Waals surface area contributed by atoms with E-state index in [4.69, 9.17) is 16.3 Å². The molecule has 0 aliphatic carbocycles. The number of ether oxygens (including phenoxy) is 1. The lowest BCUT2D eigenvalue weighted by Crippen LogP contribution is -2.04. The predicted molar refractivity (Wildman–Crippen MR) is 145 cm³/mol. The van der Waals surface area contributed by atoms with Gasteiger partial charge in [-0.25, -0.2) is 0 Å². The summed E-state index contributed by atoms with van der Waals surface area (Å²) in [5.41, 5.74) is 6.17. The van der Waals surface area contributed by atoms with E-state index < -0.39 is 5.97 Å². The van der Waals surface area contributed by atoms with E-state index in [2.05, 4.69) is 5.32 Å². The van der Waals surface area contributed by atoms with Crippen molar-refractivity contribution >= 4 is 40.8 Å². The number of benzene rings is 4. The van der Waals surface area contributed by atoms with Crippen LogP contribution in [0.3, 0.4) is 0 Å². The Kier molecular flexibility index (Phi) is 6.42. The van der Waals surface area contributed by atoms with Gasteiger partial charge in [0.15, 0.2) is 0 Å². The maximum absolute atomic E-state index is 12.8. The Morgan fingerprint density at radius 1 is 0.946 bits per heavy atom. The molecule has 1 aliphatic rings. The van der Waals surface area contributed by atoms with Crippen LogP contribution in [0.1, 0.15) is 16.7 Å². The van der Waals surface area contributed by atoms with Gasteiger partial charge in [-0.2, -0.15) is 0 Å². The van der Waals surface area contributed by atoms with Gasteiger partial charge in [0, 0.05) is 27.8 Å². The number of amides is 1. The van der Waals surface area contributed by atoms with E-state index in [0.29, 0.717) is 38.7 Å². The highest BCUT2D eigenvalue weighted by molar-refractivity contribution is 6.38. The Morgan fingerprint density at radius 3 is 2.32 bits per heavy atom. The Morgan fingerprint density at radius 2 is 1.65 bits per heavy atom. The monoisotopic (exact) mass is 511 g/mol. The first-order valence-corrected chi connectivity index (χ1v) is 11.9. The number of rotatable bonds is 6. The molecule has 0 radical (unpaired) electrons. The molecule has 0 bridgehead atoms. The fourth-order valence-electron chi connectivity index (χ4n) is 4.48. The zero-order valence-corrected chi connectivity index (χ0v) is 20.5. The van der Waals surface area contributed by atoms with Crippen molar-refractivity contribution in [3.63, 3.8) is 0 Å². The number of carboxylic acid groups (broad SMARTS) is 1. The number of hydrogen-bond donors (Lipinski definition) is 3. The van der Waals surface area contributed by atoms with E-state index in [1.165, 1.54) is 7.11 Å². The Balaban J connectivity index is 1.53. The molecule has 0 fully saturated rings. The summed E-state index contributed by atoms with van der Waals surface area (Å²) in [6.45, 7) is 0. The first-order valence-electron chi connectivity index (χ1n) is 11.5. The summed E-state index contributed by atoms with van der Waals surface area (Å²) in [5.74, 6) is -0.564. The molecule has 1 amide bonds. The van der Waals surface area contributed by atoms with Gasteiger partial charge in [0.1, 0.15) is 11.5 Å². The highest BCUT2D eigenvalue weighted by Crippen LogP contribution is 2.41. The van der Waals surface area contributed by atoms with Gasteiger partial charge in [-0.3, -0.25) is 9.59 Å². The average Bonchev–Trinajstić information content (AvgIpc) is 3.17. The molecule has 0 saturated carbocycles. The molecular formula is C30H22ClNO5. The molecule has 4 aromatic rings. The third-order valence-electron chi connectivity index (χ3n) is 6.26. The largest absolute Gasteiger partial charge is 0.507 e. The number of hydrogen-bond acceptors (Lipinski definition) is 4. The van der Waals surface area contributed by atoms with Crippen LogP contribution in [0.2, 0.25) is 5.02 Å². The van der Waals surface area contributed by atoms with Crippen LogP contribution in [0.25, 0.3) is 33.9 Å². The quantitative estimate of drug-likeness (QED) is 0.256. The van der Waals surface area contributed by atoms with E-state index in [1.807, 2.05) is 42.5 Å². The van der Waals surface area contributed by atoms with Crippen molar-refractivity contribution < 1.29 is 24.5 Å². The number of aliphatic carboxylic acids is 1. The smallest absolute Gasteiger partial charge is 0.307 e. The van der Waals surface area contributed by atoms with Gasteiger partial charge >= 0.3 is 5.97 Å². The van der Waals surface area contributed by atoms with Crippen LogP contribution in [-0.2, 0) is 16.0 Å². The number of phenols is 1. The summed E-state index contributed by atoms with van der Waals surface area (Å²) in [5, 5.41) is 22.7. The van der Waals surface area contributed by atoms with Crippen molar-refractivity contribution in [1.82, 2.24) is 0 Å². The van der Waals surface area contributed by atoms with Gasteiger partial charge in [-0.1, -0.05) is 60.1 Å². The molecule has 0 spiro atoms. The summed E-state index contributed by atoms with van der Waals surface area (Å²) < 4.78 is 5.28. The van der Waals surface area contributed by atoms with E-state index in [-0.39, 0.29) is 18.1 Å². The highest BCUT2D eigenvalue weighted by atomic mass is 35.5. The summed E-state index contributed by atoms with van der Waals surface area (Å²) in [6, 6.07) is 23.6. The molecule has 4 aromatic carbocycles. The van der Waals surface area contributed by atoms with Crippen molar-refractivity contribution in [2.24, 2.45) is 0 Å². The zero-order chi connectivity index (χ0) is 26.1. The van der Waals surface area contributed by atoms with Gasteiger partial charge in [0.05, 0.1) is 24.2 Å². The summed E-state index contributed by atoms with van der Waals surface area (Å²) in [4.78, 5) is 24.1. The summed E-state index contributed by atoms with van der Waals surface area (Å²) >= 11 is 6.60. The van der Waals surface area contributed by atoms with Crippen molar-refractivity contribution in [2.75, 3.05) is 12.4 Å². The van der Waals surface area contributed by atoms with Crippen LogP contribution in [0.5, 0.6) is 11.5 Å². The second-order valence-electron chi connectivity index (χ2n) is 8.63. The molecule has 0 aromatic heterocycles. The Labute approximate surface area is 218 Å². The molecule has 3 N–H and O–H groups in total. The van der Waals surface area contributed by atoms with Gasteiger partial charge in [-0.05, 0) is 53.1 Å². The molecule has 7 heteroatoms. The number of carbonyl (C=O) groups excluding carboxylic acids is 1. The lowest BCUT2D eigenvalue weighted by Gasteiger charge is -2.10. The molecular weight excluding hydrogens is 490 g/mol. The Hall–Kier alpha value is -4.55. The van der Waals surface area contributed by atoms with Gasteiger partial charge in [0.2, 0.25) is 0 Å². The topological polar surface area (TPSA) is 95.9 Å². The van der Waals surface area contributed by atoms with Crippen LogP contribution in [0, 0.1) is 0 Å². The highest BCUT2D eigenvalue weighted by Gasteiger charge is 2.26. The number of phenolic OH excluding ortho intramolecular Hbond substituents is 1. The third kappa shape index (κ3) is 4.79. The zero-order valence-electron chi connectivity index (χ0n) is 19.8. The van der Waals surface area contributed by atoms with E-state index in [1.54, 1.807) is 42.5 Å². The number of halogens is 1. The molecule has 37 heavy (non-hydrogen) atoms. The predicted octanol–water partition coefficient (Wildman–Crippen LogP) is 6.51. The van der Waals surface area contributed by atoms with Crippen molar-refractivity contribution in [3.05, 3.63) is 101 Å². The SMILES string of the molecule is COc1ccc(/C=C2\C(=O)Nc3cc(Cl)c(-c4ccc(-c5ccccc5O)cc4)cc32)cc1CC(=O)O. The number of para-hydroxylation sites is 1. The van der Waals surface area contributed by atoms with Gasteiger partial charge in [-0.15, -0.1) is 0 Å². The maximum Gasteiger partial charge on any atom is 0.307 e. The molecule has 1 aliphatic heterocycles. The van der Waals surface area contributed by atoms with E-state index in [0.717, 1.165) is 22.3 Å². The van der Waals surface area contributed by atoms with Crippen molar-refractivity contribution in [3.8, 4) is 33.8 Å². The fourth-order valence-corrected chi connectivity index (χ4v) is 4.75. The molecule has 184 valence electrons. The average molecular weight is 512 g/mol. The maximum atomic E-state index is 12.8. The van der Waals surface area contributed by atoms with Crippen LogP contribution >= 0.6 is 11.6 Å². The number of aromatic hydroxyl groups is 1. The number of anilines is 1. The van der Waals surface area contributed by atoms with Crippen molar-refractivity contribution in [2.45, 2.75) is 6.42 Å². The second-order valence-corrected chi connectivity index (χ2v) is 9.03. The number of methoxy groups -OCH3 is 1. The van der Waals surface area contributed by atoms with Crippen LogP contribution in [-0.4, -0.2) is 29.2 Å². The minimum Gasteiger partial charge on any atom is -0.507 e. The van der Waals surface area contributed by atoms with E-state index in [9.17, 15) is 19.8 Å². The number of fused-ring (bicyclic) bond motifs is 1. The second kappa shape index (κ2) is 9.84. The normalized spacial score (nSPS) is 13.4. The lowest BCUT2D eigenvalue weighted by molar-refractivity contribution is -0.136. The fraction of sp³-hybridized carbons (Fsp3) is 0.0667. The standard InChI is InChI=1S/C30H22ClNO5/c1-37-28-11-6-17(12-20(28)14-29(34)35)13-24-23-15-22(25(31)16-26(23)32-30(24)36)19-9-7-18(8-10-19)21-4-2-3-5-27(21)33/h2-13,15-16,33H,14H2,1H3,(H,32,36)(H,34,35)/b24-13-. The van der Waals surface area contributed by atoms with Crippen molar-refractivity contribution in [1.29, 1.82) is 0 Å². The molecule has 1 heterocycles. The van der Waals surface area contributed by atoms with Crippen LogP contribution < -0.4 is 10.1 Å². The van der Waals surface area contributed by atoms with Crippen LogP contribution in [0.15, 0.2) is 78.9 Å². The molecule has 0 unspecified atom stereocenters. The molecule has 0 saturated heterocycles. The summed E-state index contributed by atoms with van der Waals surface area (Å²) in [7, 11) is 1.49. The number of nitrogens with one attached hydrogen (secondary N) is 1. The van der Waals surface area contributed by atoms with Crippen LogP contribution in [0.4, 0.5) is 5.69 Å². The third-order valence-corrected chi connectivity index (χ3v) is 6.57. The first kappa shape index (κ1) is 24.2. The summed E-state index contributed by atoms with van der Waals surface area (Å²) in [6.07, 6.45) is 1.53. The first-order chi connectivity index (χ1) is 17.8. The van der Waals surface area contributed by atoms with Gasteiger partial charge in [0.25, 0.3) is 5.91 Å². The minimum atomic E-state index is -0.972. The molecule has 5 rings (SSSR count). The Bertz CT molecular complexity index is 1570. The van der Waals surface area contributed by atoms with Gasteiger partial charge < -0.3 is 20.3 Å². The minimum absolute atomic E-state index is 0.195. The molecule has 6 nitrogen and oxygen atoms in total. The number of carboxylic acids is 1.